The zero-order valence-corrected chi connectivity index (χ0v) is 18.7. The summed E-state index contributed by atoms with van der Waals surface area (Å²) in [6.07, 6.45) is 0.719. The van der Waals surface area contributed by atoms with Crippen molar-refractivity contribution in [3.63, 3.8) is 0 Å². The van der Waals surface area contributed by atoms with Gasteiger partial charge in [-0.3, -0.25) is 4.79 Å². The average Bonchev–Trinajstić information content (AvgIpc) is 3.27. The molecule has 0 fully saturated rings. The van der Waals surface area contributed by atoms with Crippen molar-refractivity contribution in [2.45, 2.75) is 6.42 Å². The molecular formula is C22H25N3O5S. The molecule has 0 radical (unpaired) electrons. The van der Waals surface area contributed by atoms with Crippen molar-refractivity contribution in [2.24, 2.45) is 0 Å². The summed E-state index contributed by atoms with van der Waals surface area (Å²) in [5.74, 6) is 2.14. The summed E-state index contributed by atoms with van der Waals surface area (Å²) in [6, 6.07) is 11.3. The van der Waals surface area contributed by atoms with Gasteiger partial charge < -0.3 is 29.6 Å². The smallest absolute Gasteiger partial charge is 0.270 e. The fraction of sp³-hybridized carbons (Fsp3) is 0.273. The monoisotopic (exact) mass is 443 g/mol. The average molecular weight is 444 g/mol. The highest BCUT2D eigenvalue weighted by molar-refractivity contribution is 7.14. The van der Waals surface area contributed by atoms with Gasteiger partial charge >= 0.3 is 0 Å². The minimum Gasteiger partial charge on any atom is -0.497 e. The Kier molecular flexibility index (Phi) is 7.55. The van der Waals surface area contributed by atoms with E-state index in [1.807, 2.05) is 24.3 Å². The molecule has 2 N–H and O–H groups in total. The van der Waals surface area contributed by atoms with Crippen molar-refractivity contribution in [1.82, 2.24) is 10.3 Å². The van der Waals surface area contributed by atoms with Gasteiger partial charge in [-0.05, 0) is 24.1 Å². The van der Waals surface area contributed by atoms with E-state index in [1.54, 1.807) is 46.0 Å². The Bertz CT molecular complexity index is 995. The normalized spacial score (nSPS) is 10.3. The Morgan fingerprint density at radius 2 is 1.65 bits per heavy atom. The predicted molar refractivity (Wildman–Crippen MR) is 121 cm³/mol. The molecule has 1 heterocycles. The first-order valence-electron chi connectivity index (χ1n) is 9.51. The van der Waals surface area contributed by atoms with Crippen LogP contribution in [0.4, 0.5) is 10.8 Å². The summed E-state index contributed by atoms with van der Waals surface area (Å²) < 4.78 is 21.2. The molecule has 1 aromatic heterocycles. The van der Waals surface area contributed by atoms with Crippen LogP contribution >= 0.6 is 11.3 Å². The summed E-state index contributed by atoms with van der Waals surface area (Å²) >= 11 is 1.33. The number of ether oxygens (including phenoxy) is 4. The predicted octanol–water partition coefficient (Wildman–Crippen LogP) is 3.89. The third-order valence-corrected chi connectivity index (χ3v) is 5.27. The highest BCUT2D eigenvalue weighted by atomic mass is 32.1. The van der Waals surface area contributed by atoms with Crippen molar-refractivity contribution in [2.75, 3.05) is 40.3 Å². The molecule has 0 unspecified atom stereocenters. The third-order valence-electron chi connectivity index (χ3n) is 4.51. The molecule has 164 valence electrons. The van der Waals surface area contributed by atoms with Gasteiger partial charge in [-0.1, -0.05) is 12.1 Å². The van der Waals surface area contributed by atoms with Gasteiger partial charge in [0.25, 0.3) is 5.91 Å². The lowest BCUT2D eigenvalue weighted by molar-refractivity contribution is 0.0950. The van der Waals surface area contributed by atoms with Crippen molar-refractivity contribution >= 4 is 28.1 Å². The molecule has 0 saturated carbocycles. The number of nitrogens with zero attached hydrogens (tertiary/aromatic N) is 1. The van der Waals surface area contributed by atoms with E-state index in [-0.39, 0.29) is 5.91 Å². The quantitative estimate of drug-likeness (QED) is 0.491. The molecule has 2 aromatic carbocycles. The van der Waals surface area contributed by atoms with Crippen LogP contribution in [0.15, 0.2) is 41.8 Å². The number of methoxy groups -OCH3 is 4. The van der Waals surface area contributed by atoms with E-state index in [0.717, 1.165) is 17.7 Å². The van der Waals surface area contributed by atoms with Gasteiger partial charge in [0.05, 0.1) is 28.4 Å². The fourth-order valence-electron chi connectivity index (χ4n) is 2.92. The van der Waals surface area contributed by atoms with E-state index in [9.17, 15) is 4.79 Å². The molecule has 0 atom stereocenters. The van der Waals surface area contributed by atoms with Crippen LogP contribution in [0, 0.1) is 0 Å². The van der Waals surface area contributed by atoms with Gasteiger partial charge in [0.1, 0.15) is 11.4 Å². The van der Waals surface area contributed by atoms with E-state index in [0.29, 0.717) is 40.3 Å². The highest BCUT2D eigenvalue weighted by Gasteiger charge is 2.15. The number of carbonyl (C=O) groups is 1. The van der Waals surface area contributed by atoms with E-state index < -0.39 is 0 Å². The number of carbonyl (C=O) groups excluding carboxylic acids is 1. The summed E-state index contributed by atoms with van der Waals surface area (Å²) in [5, 5.41) is 8.36. The summed E-state index contributed by atoms with van der Waals surface area (Å²) in [5.41, 5.74) is 2.18. The molecule has 0 aliphatic rings. The van der Waals surface area contributed by atoms with Gasteiger partial charge in [-0.2, -0.15) is 0 Å². The van der Waals surface area contributed by atoms with Crippen LogP contribution in [0.3, 0.4) is 0 Å². The highest BCUT2D eigenvalue weighted by Crippen LogP contribution is 2.40. The lowest BCUT2D eigenvalue weighted by atomic mass is 10.1. The molecule has 31 heavy (non-hydrogen) atoms. The van der Waals surface area contributed by atoms with Gasteiger partial charge in [0, 0.05) is 29.7 Å². The Morgan fingerprint density at radius 3 is 2.23 bits per heavy atom. The molecule has 0 bridgehead atoms. The number of nitrogens with one attached hydrogen (secondary N) is 2. The zero-order valence-electron chi connectivity index (χ0n) is 17.9. The lowest BCUT2D eigenvalue weighted by Crippen LogP contribution is -2.25. The van der Waals surface area contributed by atoms with E-state index in [1.165, 1.54) is 11.3 Å². The number of amides is 1. The van der Waals surface area contributed by atoms with Gasteiger partial charge in [-0.15, -0.1) is 11.3 Å². The number of aromatic nitrogens is 1. The van der Waals surface area contributed by atoms with Crippen LogP contribution in [-0.4, -0.2) is 45.9 Å². The molecule has 9 heteroatoms. The second-order valence-corrected chi connectivity index (χ2v) is 7.29. The number of benzene rings is 2. The second-order valence-electron chi connectivity index (χ2n) is 6.43. The van der Waals surface area contributed by atoms with Crippen molar-refractivity contribution < 1.29 is 23.7 Å². The van der Waals surface area contributed by atoms with Gasteiger partial charge in [-0.25, -0.2) is 4.98 Å². The maximum absolute atomic E-state index is 12.4. The molecule has 3 aromatic rings. The largest absolute Gasteiger partial charge is 0.497 e. The van der Waals surface area contributed by atoms with E-state index >= 15 is 0 Å². The fourth-order valence-corrected chi connectivity index (χ4v) is 3.63. The van der Waals surface area contributed by atoms with Crippen LogP contribution in [0.5, 0.6) is 23.0 Å². The van der Waals surface area contributed by atoms with Crippen molar-refractivity contribution in [3.05, 3.63) is 53.0 Å². The summed E-state index contributed by atoms with van der Waals surface area (Å²) in [7, 11) is 6.29. The first kappa shape index (κ1) is 22.2. The standard InChI is InChI=1S/C22H25N3O5S/c1-27-16-7-5-14(6-8-16)9-10-23-21(26)17-13-31-22(25-17)24-15-11-18(28-2)20(30-4)19(12-15)29-3/h5-8,11-13H,9-10H2,1-4H3,(H,23,26)(H,24,25). The Morgan fingerprint density at radius 1 is 0.968 bits per heavy atom. The minimum atomic E-state index is -0.220. The van der Waals surface area contributed by atoms with Crippen LogP contribution in [0.25, 0.3) is 0 Å². The second kappa shape index (κ2) is 10.5. The summed E-state index contributed by atoms with van der Waals surface area (Å²) in [6.45, 7) is 0.512. The molecule has 0 aliphatic carbocycles. The Balaban J connectivity index is 1.60. The first-order chi connectivity index (χ1) is 15.1. The molecular weight excluding hydrogens is 418 g/mol. The zero-order chi connectivity index (χ0) is 22.2. The van der Waals surface area contributed by atoms with Crippen LogP contribution in [-0.2, 0) is 6.42 Å². The molecule has 8 nitrogen and oxygen atoms in total. The van der Waals surface area contributed by atoms with Crippen LogP contribution in [0.2, 0.25) is 0 Å². The number of hydrogen-bond donors (Lipinski definition) is 2. The van der Waals surface area contributed by atoms with E-state index in [2.05, 4.69) is 15.6 Å². The first-order valence-corrected chi connectivity index (χ1v) is 10.4. The third kappa shape index (κ3) is 5.58. The lowest BCUT2D eigenvalue weighted by Gasteiger charge is -2.14. The van der Waals surface area contributed by atoms with Gasteiger partial charge in [0.15, 0.2) is 16.6 Å². The Hall–Kier alpha value is -3.46. The van der Waals surface area contributed by atoms with Crippen LogP contribution in [0.1, 0.15) is 16.1 Å². The van der Waals surface area contributed by atoms with Crippen molar-refractivity contribution in [1.29, 1.82) is 0 Å². The number of thiazole rings is 1. The number of rotatable bonds is 10. The Labute approximate surface area is 185 Å². The van der Waals surface area contributed by atoms with Crippen molar-refractivity contribution in [3.8, 4) is 23.0 Å². The molecule has 0 spiro atoms. The maximum Gasteiger partial charge on any atom is 0.270 e. The topological polar surface area (TPSA) is 90.9 Å². The minimum absolute atomic E-state index is 0.220. The summed E-state index contributed by atoms with van der Waals surface area (Å²) in [4.78, 5) is 16.8. The van der Waals surface area contributed by atoms with Gasteiger partial charge in [0.2, 0.25) is 5.75 Å². The number of anilines is 2. The molecule has 1 amide bonds. The molecule has 0 saturated heterocycles. The SMILES string of the molecule is COc1ccc(CCNC(=O)c2csc(Nc3cc(OC)c(OC)c(OC)c3)n2)cc1. The molecule has 3 rings (SSSR count). The maximum atomic E-state index is 12.4. The van der Waals surface area contributed by atoms with Crippen LogP contribution < -0.4 is 29.6 Å². The number of hydrogen-bond acceptors (Lipinski definition) is 8. The molecule has 0 aliphatic heterocycles. The van der Waals surface area contributed by atoms with E-state index in [4.69, 9.17) is 18.9 Å².